The van der Waals surface area contributed by atoms with Gasteiger partial charge in [0.05, 0.1) is 5.69 Å². The Labute approximate surface area is 139 Å². The molecule has 0 aromatic heterocycles. The van der Waals surface area contributed by atoms with Crippen molar-refractivity contribution in [1.29, 1.82) is 0 Å². The highest BCUT2D eigenvalue weighted by molar-refractivity contribution is 9.11. The van der Waals surface area contributed by atoms with E-state index >= 15 is 0 Å². The molecule has 2 nitrogen and oxygen atoms in total. The minimum atomic E-state index is 0.375. The summed E-state index contributed by atoms with van der Waals surface area (Å²) in [5, 5.41) is 0. The molecule has 2 aliphatic heterocycles. The van der Waals surface area contributed by atoms with E-state index in [0.717, 1.165) is 26.3 Å². The lowest BCUT2D eigenvalue weighted by atomic mass is 9.81. The molecule has 2 unspecified atom stereocenters. The van der Waals surface area contributed by atoms with E-state index in [1.165, 1.54) is 24.9 Å². The van der Waals surface area contributed by atoms with Crippen molar-refractivity contribution in [1.82, 2.24) is 0 Å². The van der Waals surface area contributed by atoms with Gasteiger partial charge in [-0.15, -0.1) is 0 Å². The molecule has 2 aliphatic rings. The number of benzene rings is 1. The molecule has 2 N–H and O–H groups in total. The van der Waals surface area contributed by atoms with Gasteiger partial charge in [0.15, 0.2) is 0 Å². The van der Waals surface area contributed by atoms with Crippen LogP contribution >= 0.6 is 47.8 Å². The molecule has 2 bridgehead atoms. The Morgan fingerprint density at radius 1 is 1.00 bits per heavy atom. The summed E-state index contributed by atoms with van der Waals surface area (Å²) in [6.45, 7) is 0. The fraction of sp³-hybridized carbons (Fsp3) is 0.571. The summed E-state index contributed by atoms with van der Waals surface area (Å²) >= 11 is 11.0. The molecule has 2 saturated heterocycles. The van der Waals surface area contributed by atoms with Gasteiger partial charge in [0.2, 0.25) is 0 Å². The van der Waals surface area contributed by atoms with Crippen LogP contribution in [-0.4, -0.2) is 18.1 Å². The zero-order chi connectivity index (χ0) is 13.6. The molecule has 1 aromatic carbocycles. The van der Waals surface area contributed by atoms with Crippen LogP contribution in [0.3, 0.4) is 0 Å². The number of nitrogens with zero attached hydrogens (tertiary/aromatic N) is 1. The van der Waals surface area contributed by atoms with Gasteiger partial charge in [0.1, 0.15) is 0 Å². The van der Waals surface area contributed by atoms with Gasteiger partial charge in [0, 0.05) is 31.5 Å². The van der Waals surface area contributed by atoms with E-state index in [1.807, 2.05) is 0 Å². The van der Waals surface area contributed by atoms with Gasteiger partial charge < -0.3 is 10.6 Å². The largest absolute Gasteiger partial charge is 0.364 e. The standard InChI is InChI=1S/C14H17Br3N2/c15-8-4-12(16)14(13(17)5-8)19-10-2-1-3-11(19)7-9(18)6-10/h4-5,9-11H,1-3,6-7,18H2. The van der Waals surface area contributed by atoms with Crippen LogP contribution in [-0.2, 0) is 0 Å². The number of hydrogen-bond acceptors (Lipinski definition) is 2. The number of rotatable bonds is 1. The average molecular weight is 453 g/mol. The van der Waals surface area contributed by atoms with Crippen molar-refractivity contribution in [2.75, 3.05) is 4.90 Å². The van der Waals surface area contributed by atoms with E-state index in [0.29, 0.717) is 18.1 Å². The molecule has 2 heterocycles. The maximum atomic E-state index is 6.21. The number of piperidine rings is 2. The Morgan fingerprint density at radius 2 is 1.53 bits per heavy atom. The number of hydrogen-bond donors (Lipinski definition) is 1. The number of anilines is 1. The Kier molecular flexibility index (Phi) is 4.28. The van der Waals surface area contributed by atoms with Crippen molar-refractivity contribution in [2.24, 2.45) is 5.73 Å². The Morgan fingerprint density at radius 3 is 2.05 bits per heavy atom. The lowest BCUT2D eigenvalue weighted by Crippen LogP contribution is -2.55. The fourth-order valence-corrected chi connectivity index (χ4v) is 6.24. The molecule has 1 aromatic rings. The molecular weight excluding hydrogens is 436 g/mol. The fourth-order valence-electron chi connectivity index (χ4n) is 3.57. The van der Waals surface area contributed by atoms with Crippen molar-refractivity contribution in [3.63, 3.8) is 0 Å². The molecule has 0 amide bonds. The molecule has 0 aliphatic carbocycles. The molecule has 19 heavy (non-hydrogen) atoms. The first kappa shape index (κ1) is 14.4. The summed E-state index contributed by atoms with van der Waals surface area (Å²) in [6, 6.07) is 5.82. The third-order valence-electron chi connectivity index (χ3n) is 4.25. The second kappa shape index (κ2) is 5.66. The smallest absolute Gasteiger partial charge is 0.0660 e. The van der Waals surface area contributed by atoms with Gasteiger partial charge in [-0.05, 0) is 76.1 Å². The van der Waals surface area contributed by atoms with Crippen molar-refractivity contribution in [2.45, 2.75) is 50.2 Å². The quantitative estimate of drug-likeness (QED) is 0.661. The van der Waals surface area contributed by atoms with E-state index in [4.69, 9.17) is 5.73 Å². The summed E-state index contributed by atoms with van der Waals surface area (Å²) in [5.74, 6) is 0. The van der Waals surface area contributed by atoms with Gasteiger partial charge >= 0.3 is 0 Å². The van der Waals surface area contributed by atoms with Crippen LogP contribution in [0, 0.1) is 0 Å². The van der Waals surface area contributed by atoms with Crippen LogP contribution in [0.1, 0.15) is 32.1 Å². The Hall–Kier alpha value is 0.420. The lowest BCUT2D eigenvalue weighted by Gasteiger charge is -2.50. The van der Waals surface area contributed by atoms with Gasteiger partial charge in [-0.2, -0.15) is 0 Å². The molecule has 2 atom stereocenters. The van der Waals surface area contributed by atoms with Crippen LogP contribution in [0.25, 0.3) is 0 Å². The Balaban J connectivity index is 2.02. The normalized spacial score (nSPS) is 30.5. The molecular formula is C14H17Br3N2. The Bertz CT molecular complexity index is 455. The molecule has 104 valence electrons. The lowest BCUT2D eigenvalue weighted by molar-refractivity contribution is 0.270. The predicted molar refractivity (Wildman–Crippen MR) is 90.7 cm³/mol. The molecule has 0 radical (unpaired) electrons. The van der Waals surface area contributed by atoms with Crippen LogP contribution in [0.5, 0.6) is 0 Å². The highest BCUT2D eigenvalue weighted by atomic mass is 79.9. The zero-order valence-electron chi connectivity index (χ0n) is 10.6. The predicted octanol–water partition coefficient (Wildman–Crippen LogP) is 4.82. The van der Waals surface area contributed by atoms with Crippen molar-refractivity contribution >= 4 is 53.5 Å². The minimum absolute atomic E-state index is 0.375. The van der Waals surface area contributed by atoms with Crippen molar-refractivity contribution in [3.05, 3.63) is 25.6 Å². The first-order valence-corrected chi connectivity index (χ1v) is 9.12. The SMILES string of the molecule is NC1CC2CCCC(C1)N2c1c(Br)cc(Br)cc1Br. The van der Waals surface area contributed by atoms with Gasteiger partial charge in [-0.3, -0.25) is 0 Å². The first-order chi connectivity index (χ1) is 9.06. The second-order valence-electron chi connectivity index (χ2n) is 5.60. The summed E-state index contributed by atoms with van der Waals surface area (Å²) in [5.41, 5.74) is 7.50. The van der Waals surface area contributed by atoms with Crippen LogP contribution < -0.4 is 10.6 Å². The topological polar surface area (TPSA) is 29.3 Å². The monoisotopic (exact) mass is 450 g/mol. The maximum absolute atomic E-state index is 6.21. The van der Waals surface area contributed by atoms with Gasteiger partial charge in [0.25, 0.3) is 0 Å². The van der Waals surface area contributed by atoms with Crippen LogP contribution in [0.2, 0.25) is 0 Å². The third kappa shape index (κ3) is 2.76. The van der Waals surface area contributed by atoms with Crippen molar-refractivity contribution in [3.8, 4) is 0 Å². The summed E-state index contributed by atoms with van der Waals surface area (Å²) in [6.07, 6.45) is 6.10. The van der Waals surface area contributed by atoms with Crippen LogP contribution in [0.4, 0.5) is 5.69 Å². The van der Waals surface area contributed by atoms with E-state index in [-0.39, 0.29) is 0 Å². The average Bonchev–Trinajstić information content (AvgIpc) is 2.28. The summed E-state index contributed by atoms with van der Waals surface area (Å²) < 4.78 is 3.40. The van der Waals surface area contributed by atoms with Crippen LogP contribution in [0.15, 0.2) is 25.6 Å². The molecule has 3 rings (SSSR count). The zero-order valence-corrected chi connectivity index (χ0v) is 15.3. The summed E-state index contributed by atoms with van der Waals surface area (Å²) in [7, 11) is 0. The van der Waals surface area contributed by atoms with Gasteiger partial charge in [-0.1, -0.05) is 15.9 Å². The number of halogens is 3. The van der Waals surface area contributed by atoms with Gasteiger partial charge in [-0.25, -0.2) is 0 Å². The van der Waals surface area contributed by atoms with E-state index < -0.39 is 0 Å². The summed E-state index contributed by atoms with van der Waals surface area (Å²) in [4.78, 5) is 2.60. The van der Waals surface area contributed by atoms with E-state index in [1.54, 1.807) is 0 Å². The first-order valence-electron chi connectivity index (χ1n) is 6.74. The molecule has 0 spiro atoms. The molecule has 0 saturated carbocycles. The van der Waals surface area contributed by atoms with E-state index in [9.17, 15) is 0 Å². The molecule has 5 heteroatoms. The highest BCUT2D eigenvalue weighted by Gasteiger charge is 2.38. The molecule has 2 fully saturated rings. The maximum Gasteiger partial charge on any atom is 0.0660 e. The second-order valence-corrected chi connectivity index (χ2v) is 8.22. The minimum Gasteiger partial charge on any atom is -0.364 e. The van der Waals surface area contributed by atoms with E-state index in [2.05, 4.69) is 64.8 Å². The van der Waals surface area contributed by atoms with Crippen molar-refractivity contribution < 1.29 is 0 Å². The highest BCUT2D eigenvalue weighted by Crippen LogP contribution is 2.44. The number of nitrogens with two attached hydrogens (primary N) is 1. The third-order valence-corrected chi connectivity index (χ3v) is 5.92. The number of fused-ring (bicyclic) bond motifs is 2.